The fourth-order valence-corrected chi connectivity index (χ4v) is 1.62. The zero-order valence-electron chi connectivity index (χ0n) is 9.20. The van der Waals surface area contributed by atoms with Crippen LogP contribution in [0.1, 0.15) is 24.3 Å². The fraction of sp³-hybridized carbons (Fsp3) is 0.400. The van der Waals surface area contributed by atoms with Gasteiger partial charge in [-0.15, -0.1) is 0 Å². The van der Waals surface area contributed by atoms with Crippen LogP contribution in [0.4, 0.5) is 5.69 Å². The predicted molar refractivity (Wildman–Crippen MR) is 55.7 cm³/mol. The van der Waals surface area contributed by atoms with Crippen molar-refractivity contribution in [3.05, 3.63) is 11.9 Å². The maximum Gasteiger partial charge on any atom is 0.356 e. The molecule has 0 fully saturated rings. The van der Waals surface area contributed by atoms with Gasteiger partial charge >= 0.3 is 5.97 Å². The summed E-state index contributed by atoms with van der Waals surface area (Å²) in [5, 5.41) is 11.7. The van der Waals surface area contributed by atoms with Crippen molar-refractivity contribution in [1.29, 1.82) is 0 Å². The van der Waals surface area contributed by atoms with Gasteiger partial charge in [0.25, 0.3) is 5.91 Å². The van der Waals surface area contributed by atoms with Crippen molar-refractivity contribution in [3.63, 3.8) is 0 Å². The summed E-state index contributed by atoms with van der Waals surface area (Å²) in [6.45, 7) is 3.17. The Labute approximate surface area is 91.8 Å². The van der Waals surface area contributed by atoms with Crippen molar-refractivity contribution >= 4 is 17.6 Å². The second-order valence-corrected chi connectivity index (χ2v) is 4.20. The molecule has 0 radical (unpaired) electrons. The number of carboxylic acid groups (broad SMARTS) is 1. The highest BCUT2D eigenvalue weighted by atomic mass is 16.5. The van der Waals surface area contributed by atoms with E-state index in [1.165, 1.54) is 10.8 Å². The Balaban J connectivity index is 2.57. The lowest BCUT2D eigenvalue weighted by Gasteiger charge is -2.29. The molecule has 0 spiro atoms. The first-order chi connectivity index (χ1) is 7.33. The third-order valence-electron chi connectivity index (χ3n) is 2.49. The zero-order valence-corrected chi connectivity index (χ0v) is 9.20. The van der Waals surface area contributed by atoms with Crippen LogP contribution in [0.3, 0.4) is 0 Å². The molecule has 1 amide bonds. The number of aromatic carboxylic acids is 1. The number of ether oxygens (including phenoxy) is 1. The monoisotopic (exact) mass is 224 g/mol. The molecule has 86 valence electrons. The molecule has 2 heterocycles. The van der Waals surface area contributed by atoms with Crippen molar-refractivity contribution in [2.45, 2.75) is 19.4 Å². The van der Waals surface area contributed by atoms with Crippen molar-refractivity contribution in [3.8, 4) is 5.75 Å². The second kappa shape index (κ2) is 3.01. The van der Waals surface area contributed by atoms with Gasteiger partial charge in [-0.05, 0) is 13.8 Å². The fourth-order valence-electron chi connectivity index (χ4n) is 1.62. The molecule has 1 aliphatic heterocycles. The summed E-state index contributed by atoms with van der Waals surface area (Å²) in [5.74, 6) is -1.17. The minimum atomic E-state index is -1.09. The van der Waals surface area contributed by atoms with Gasteiger partial charge in [-0.1, -0.05) is 0 Å². The van der Waals surface area contributed by atoms with Gasteiger partial charge in [-0.3, -0.25) is 4.79 Å². The van der Waals surface area contributed by atoms with E-state index in [0.717, 1.165) is 0 Å². The number of nitrogens with zero attached hydrogens (tertiary/aromatic N) is 1. The third kappa shape index (κ3) is 1.34. The highest BCUT2D eigenvalue weighted by Gasteiger charge is 2.39. The number of carbonyl (C=O) groups excluding carboxylic acids is 1. The van der Waals surface area contributed by atoms with Crippen LogP contribution in [0.5, 0.6) is 5.75 Å². The first-order valence-corrected chi connectivity index (χ1v) is 4.76. The summed E-state index contributed by atoms with van der Waals surface area (Å²) in [4.78, 5) is 22.6. The number of hydrogen-bond acceptors (Lipinski definition) is 3. The highest BCUT2D eigenvalue weighted by Crippen LogP contribution is 2.37. The van der Waals surface area contributed by atoms with Gasteiger partial charge in [0.05, 0.1) is 0 Å². The van der Waals surface area contributed by atoms with E-state index in [1.807, 2.05) is 0 Å². The number of carbonyl (C=O) groups is 2. The molecule has 0 aromatic carbocycles. The SMILES string of the molecule is Cn1cc2c(c1C(=O)O)OC(C)(C)C(=O)N2. The first kappa shape index (κ1) is 10.5. The summed E-state index contributed by atoms with van der Waals surface area (Å²) >= 11 is 0. The van der Waals surface area contributed by atoms with Crippen LogP contribution in [0.2, 0.25) is 0 Å². The van der Waals surface area contributed by atoms with Gasteiger partial charge in [0.2, 0.25) is 0 Å². The summed E-state index contributed by atoms with van der Waals surface area (Å²) in [6.07, 6.45) is 1.52. The van der Waals surface area contributed by atoms with Gasteiger partial charge in [0.15, 0.2) is 17.0 Å². The molecule has 0 atom stereocenters. The normalized spacial score (nSPS) is 17.3. The van der Waals surface area contributed by atoms with Gasteiger partial charge in [0, 0.05) is 13.2 Å². The molecule has 16 heavy (non-hydrogen) atoms. The molecule has 0 unspecified atom stereocenters. The number of nitrogens with one attached hydrogen (secondary N) is 1. The van der Waals surface area contributed by atoms with E-state index in [4.69, 9.17) is 9.84 Å². The van der Waals surface area contributed by atoms with Crippen LogP contribution in [0.25, 0.3) is 0 Å². The molecule has 0 saturated heterocycles. The number of hydrogen-bond donors (Lipinski definition) is 2. The number of fused-ring (bicyclic) bond motifs is 1. The number of aryl methyl sites for hydroxylation is 1. The molecular weight excluding hydrogens is 212 g/mol. The molecule has 6 heteroatoms. The van der Waals surface area contributed by atoms with Crippen LogP contribution >= 0.6 is 0 Å². The summed E-state index contributed by atoms with van der Waals surface area (Å²) in [6, 6.07) is 0. The van der Waals surface area contributed by atoms with Crippen molar-refractivity contribution in [1.82, 2.24) is 4.57 Å². The van der Waals surface area contributed by atoms with Crippen LogP contribution in [0.15, 0.2) is 6.20 Å². The van der Waals surface area contributed by atoms with Crippen molar-refractivity contribution in [2.75, 3.05) is 5.32 Å². The lowest BCUT2D eigenvalue weighted by molar-refractivity contribution is -0.129. The Morgan fingerprint density at radius 2 is 2.19 bits per heavy atom. The number of anilines is 1. The average Bonchev–Trinajstić information content (AvgIpc) is 2.40. The summed E-state index contributed by atoms with van der Waals surface area (Å²) in [7, 11) is 1.59. The standard InChI is InChI=1S/C10H12N2O4/c1-10(2)9(15)11-5-4-12(3)6(8(13)14)7(5)16-10/h4H,1-3H3,(H,11,15)(H,13,14). The average molecular weight is 224 g/mol. The number of aromatic nitrogens is 1. The number of amides is 1. The molecule has 0 bridgehead atoms. The van der Waals surface area contributed by atoms with Crippen LogP contribution in [-0.4, -0.2) is 27.2 Å². The molecule has 0 saturated carbocycles. The topological polar surface area (TPSA) is 80.6 Å². The zero-order chi connectivity index (χ0) is 12.1. The lowest BCUT2D eigenvalue weighted by atomic mass is 10.1. The van der Waals surface area contributed by atoms with E-state index >= 15 is 0 Å². The Kier molecular flexibility index (Phi) is 1.98. The molecule has 1 aliphatic rings. The Morgan fingerprint density at radius 3 is 2.75 bits per heavy atom. The number of carboxylic acids is 1. The summed E-state index contributed by atoms with van der Waals surface area (Å²) < 4.78 is 6.84. The Morgan fingerprint density at radius 1 is 1.56 bits per heavy atom. The molecule has 0 aliphatic carbocycles. The molecule has 1 aromatic heterocycles. The van der Waals surface area contributed by atoms with Crippen molar-refractivity contribution < 1.29 is 19.4 Å². The van der Waals surface area contributed by atoms with Gasteiger partial charge in [-0.2, -0.15) is 0 Å². The van der Waals surface area contributed by atoms with E-state index in [-0.39, 0.29) is 17.4 Å². The molecule has 1 aromatic rings. The maximum atomic E-state index is 11.6. The van der Waals surface area contributed by atoms with Crippen LogP contribution in [-0.2, 0) is 11.8 Å². The largest absolute Gasteiger partial charge is 0.476 e. The Hall–Kier alpha value is -1.98. The minimum absolute atomic E-state index is 0.0306. The first-order valence-electron chi connectivity index (χ1n) is 4.76. The quantitative estimate of drug-likeness (QED) is 0.740. The van der Waals surface area contributed by atoms with E-state index in [9.17, 15) is 9.59 Å². The van der Waals surface area contributed by atoms with Gasteiger partial charge < -0.3 is 19.7 Å². The number of rotatable bonds is 1. The minimum Gasteiger partial charge on any atom is -0.476 e. The smallest absolute Gasteiger partial charge is 0.356 e. The third-order valence-corrected chi connectivity index (χ3v) is 2.49. The summed E-state index contributed by atoms with van der Waals surface area (Å²) in [5.41, 5.74) is -0.634. The van der Waals surface area contributed by atoms with Gasteiger partial charge in [0.1, 0.15) is 5.69 Å². The Bertz CT molecular complexity index is 487. The van der Waals surface area contributed by atoms with Crippen LogP contribution in [0, 0.1) is 0 Å². The molecule has 2 N–H and O–H groups in total. The van der Waals surface area contributed by atoms with Gasteiger partial charge in [-0.25, -0.2) is 4.79 Å². The predicted octanol–water partition coefficient (Wildman–Crippen LogP) is 0.833. The lowest BCUT2D eigenvalue weighted by Crippen LogP contribution is -2.45. The van der Waals surface area contributed by atoms with E-state index in [0.29, 0.717) is 5.69 Å². The van der Waals surface area contributed by atoms with E-state index in [2.05, 4.69) is 5.32 Å². The van der Waals surface area contributed by atoms with Crippen LogP contribution < -0.4 is 10.1 Å². The van der Waals surface area contributed by atoms with E-state index < -0.39 is 11.6 Å². The molecular formula is C10H12N2O4. The molecule has 2 rings (SSSR count). The highest BCUT2D eigenvalue weighted by molar-refractivity contribution is 6.03. The second-order valence-electron chi connectivity index (χ2n) is 4.20. The van der Waals surface area contributed by atoms with Crippen molar-refractivity contribution in [2.24, 2.45) is 7.05 Å². The maximum absolute atomic E-state index is 11.6. The molecule has 6 nitrogen and oxygen atoms in total. The van der Waals surface area contributed by atoms with E-state index in [1.54, 1.807) is 20.9 Å².